The van der Waals surface area contributed by atoms with E-state index in [-0.39, 0.29) is 13.0 Å². The third-order valence-electron chi connectivity index (χ3n) is 2.53. The number of hydrogen-bond acceptors (Lipinski definition) is 3. The van der Waals surface area contributed by atoms with E-state index in [2.05, 4.69) is 0 Å². The average Bonchev–Trinajstić information content (AvgIpc) is 2.16. The summed E-state index contributed by atoms with van der Waals surface area (Å²) in [7, 11) is 0. The number of carbonyl (C=O) groups is 1. The molecule has 86 valence electrons. The Morgan fingerprint density at radius 2 is 2.25 bits per heavy atom. The Morgan fingerprint density at radius 3 is 2.75 bits per heavy atom. The second kappa shape index (κ2) is 5.07. The number of nitro groups is 1. The van der Waals surface area contributed by atoms with Crippen LogP contribution in [0.2, 0.25) is 5.02 Å². The van der Waals surface area contributed by atoms with Crippen molar-refractivity contribution in [3.05, 3.63) is 45.0 Å². The standard InChI is InChI=1S/C11H12ClNO3/c1-11(5-6-14,8-13(15)16)9-3-2-4-10(12)7-9/h2-4,6-7H,5,8H2,1H3/t11-/m1/s1. The van der Waals surface area contributed by atoms with Crippen LogP contribution < -0.4 is 0 Å². The molecule has 0 radical (unpaired) electrons. The first-order chi connectivity index (χ1) is 7.48. The summed E-state index contributed by atoms with van der Waals surface area (Å²) in [6.07, 6.45) is 0.804. The molecule has 0 spiro atoms. The van der Waals surface area contributed by atoms with Crippen molar-refractivity contribution in [1.82, 2.24) is 0 Å². The quantitative estimate of drug-likeness (QED) is 0.452. The van der Waals surface area contributed by atoms with E-state index in [9.17, 15) is 14.9 Å². The highest BCUT2D eigenvalue weighted by molar-refractivity contribution is 6.30. The van der Waals surface area contributed by atoms with Gasteiger partial charge in [-0.25, -0.2) is 0 Å². The van der Waals surface area contributed by atoms with Gasteiger partial charge in [-0.2, -0.15) is 0 Å². The first-order valence-electron chi connectivity index (χ1n) is 4.79. The molecular weight excluding hydrogens is 230 g/mol. The van der Waals surface area contributed by atoms with Crippen LogP contribution in [0, 0.1) is 10.1 Å². The van der Waals surface area contributed by atoms with Crippen molar-refractivity contribution in [2.75, 3.05) is 6.54 Å². The van der Waals surface area contributed by atoms with Crippen LogP contribution in [-0.2, 0) is 10.2 Å². The van der Waals surface area contributed by atoms with Crippen LogP contribution in [-0.4, -0.2) is 17.8 Å². The van der Waals surface area contributed by atoms with Crippen molar-refractivity contribution in [2.45, 2.75) is 18.8 Å². The molecule has 0 saturated heterocycles. The summed E-state index contributed by atoms with van der Waals surface area (Å²) in [6.45, 7) is 1.40. The molecule has 0 amide bonds. The summed E-state index contributed by atoms with van der Waals surface area (Å²) in [6, 6.07) is 6.83. The molecule has 1 atom stereocenters. The Labute approximate surface area is 98.4 Å². The molecule has 0 unspecified atom stereocenters. The van der Waals surface area contributed by atoms with Gasteiger partial charge in [0.25, 0.3) is 0 Å². The fourth-order valence-electron chi connectivity index (χ4n) is 1.61. The fraction of sp³-hybridized carbons (Fsp3) is 0.364. The maximum atomic E-state index is 10.6. The van der Waals surface area contributed by atoms with Gasteiger partial charge in [0.1, 0.15) is 6.29 Å². The zero-order valence-corrected chi connectivity index (χ0v) is 9.61. The van der Waals surface area contributed by atoms with Crippen LogP contribution in [0.25, 0.3) is 0 Å². The largest absolute Gasteiger partial charge is 0.303 e. The molecule has 1 aromatic rings. The van der Waals surface area contributed by atoms with E-state index in [1.54, 1.807) is 31.2 Å². The fourth-order valence-corrected chi connectivity index (χ4v) is 1.80. The lowest BCUT2D eigenvalue weighted by atomic mass is 9.80. The molecular formula is C11H12ClNO3. The van der Waals surface area contributed by atoms with Crippen molar-refractivity contribution in [3.63, 3.8) is 0 Å². The number of halogens is 1. The molecule has 16 heavy (non-hydrogen) atoms. The van der Waals surface area contributed by atoms with Crippen LogP contribution in [0.5, 0.6) is 0 Å². The highest BCUT2D eigenvalue weighted by Gasteiger charge is 2.32. The van der Waals surface area contributed by atoms with Gasteiger partial charge in [0.2, 0.25) is 6.54 Å². The number of hydrogen-bond donors (Lipinski definition) is 0. The van der Waals surface area contributed by atoms with Crippen molar-refractivity contribution < 1.29 is 9.72 Å². The molecule has 0 aromatic heterocycles. The van der Waals surface area contributed by atoms with Crippen LogP contribution in [0.3, 0.4) is 0 Å². The topological polar surface area (TPSA) is 60.2 Å². The van der Waals surface area contributed by atoms with E-state index in [0.717, 1.165) is 0 Å². The average molecular weight is 242 g/mol. The molecule has 0 aliphatic heterocycles. The zero-order chi connectivity index (χ0) is 12.2. The van der Waals surface area contributed by atoms with Gasteiger partial charge in [-0.1, -0.05) is 23.7 Å². The van der Waals surface area contributed by atoms with Crippen molar-refractivity contribution >= 4 is 17.9 Å². The number of nitrogens with zero attached hydrogens (tertiary/aromatic N) is 1. The molecule has 1 rings (SSSR count). The second-order valence-corrected chi connectivity index (χ2v) is 4.37. The maximum absolute atomic E-state index is 10.6. The first-order valence-corrected chi connectivity index (χ1v) is 5.17. The first kappa shape index (κ1) is 12.6. The minimum absolute atomic E-state index is 0.105. The molecule has 5 heteroatoms. The van der Waals surface area contributed by atoms with E-state index in [1.165, 1.54) is 0 Å². The lowest BCUT2D eigenvalue weighted by molar-refractivity contribution is -0.490. The lowest BCUT2D eigenvalue weighted by Crippen LogP contribution is -2.31. The van der Waals surface area contributed by atoms with Crippen LogP contribution >= 0.6 is 11.6 Å². The Kier molecular flexibility index (Phi) is 4.01. The molecule has 0 bridgehead atoms. The van der Waals surface area contributed by atoms with E-state index in [4.69, 9.17) is 11.6 Å². The van der Waals surface area contributed by atoms with Gasteiger partial charge in [-0.15, -0.1) is 0 Å². The van der Waals surface area contributed by atoms with Gasteiger partial charge in [0.05, 0.1) is 5.41 Å². The minimum Gasteiger partial charge on any atom is -0.303 e. The summed E-state index contributed by atoms with van der Waals surface area (Å²) in [5, 5.41) is 11.1. The summed E-state index contributed by atoms with van der Waals surface area (Å²) in [5.74, 6) is 0. The van der Waals surface area contributed by atoms with Gasteiger partial charge in [0.15, 0.2) is 0 Å². The van der Waals surface area contributed by atoms with Gasteiger partial charge >= 0.3 is 0 Å². The predicted molar refractivity (Wildman–Crippen MR) is 61.3 cm³/mol. The number of rotatable bonds is 5. The minimum atomic E-state index is -0.795. The van der Waals surface area contributed by atoms with Crippen molar-refractivity contribution in [3.8, 4) is 0 Å². The molecule has 4 nitrogen and oxygen atoms in total. The maximum Gasteiger partial charge on any atom is 0.213 e. The van der Waals surface area contributed by atoms with E-state index in [1.807, 2.05) is 0 Å². The van der Waals surface area contributed by atoms with Gasteiger partial charge < -0.3 is 4.79 Å². The molecule has 0 fully saturated rings. The van der Waals surface area contributed by atoms with Gasteiger partial charge in [0, 0.05) is 16.4 Å². The molecule has 0 aliphatic rings. The van der Waals surface area contributed by atoms with Crippen LogP contribution in [0.1, 0.15) is 18.9 Å². The summed E-state index contributed by atoms with van der Waals surface area (Å²) < 4.78 is 0. The van der Waals surface area contributed by atoms with Crippen LogP contribution in [0.4, 0.5) is 0 Å². The highest BCUT2D eigenvalue weighted by atomic mass is 35.5. The van der Waals surface area contributed by atoms with Gasteiger partial charge in [-0.05, 0) is 24.6 Å². The number of carbonyl (C=O) groups excluding carboxylic acids is 1. The monoisotopic (exact) mass is 241 g/mol. The number of aldehydes is 1. The highest BCUT2D eigenvalue weighted by Crippen LogP contribution is 2.28. The van der Waals surface area contributed by atoms with Gasteiger partial charge in [-0.3, -0.25) is 10.1 Å². The summed E-state index contributed by atoms with van der Waals surface area (Å²) >= 11 is 5.83. The molecule has 0 aliphatic carbocycles. The smallest absolute Gasteiger partial charge is 0.213 e. The zero-order valence-electron chi connectivity index (χ0n) is 8.85. The third-order valence-corrected chi connectivity index (χ3v) is 2.77. The Hall–Kier alpha value is -1.42. The predicted octanol–water partition coefficient (Wildman–Crippen LogP) is 2.46. The lowest BCUT2D eigenvalue weighted by Gasteiger charge is -2.23. The van der Waals surface area contributed by atoms with E-state index >= 15 is 0 Å². The van der Waals surface area contributed by atoms with E-state index < -0.39 is 10.3 Å². The second-order valence-electron chi connectivity index (χ2n) is 3.93. The SMILES string of the molecule is C[C@@](CC=O)(C[N+](=O)[O-])c1cccc(Cl)c1. The van der Waals surface area contributed by atoms with Crippen molar-refractivity contribution in [2.24, 2.45) is 0 Å². The molecule has 0 N–H and O–H groups in total. The summed E-state index contributed by atoms with van der Waals surface area (Å²) in [4.78, 5) is 20.8. The van der Waals surface area contributed by atoms with E-state index in [0.29, 0.717) is 16.9 Å². The Bertz CT molecular complexity index is 408. The molecule has 1 aromatic carbocycles. The number of benzene rings is 1. The van der Waals surface area contributed by atoms with Crippen molar-refractivity contribution in [1.29, 1.82) is 0 Å². The molecule has 0 heterocycles. The van der Waals surface area contributed by atoms with Crippen LogP contribution in [0.15, 0.2) is 24.3 Å². The Balaban J connectivity index is 3.09. The summed E-state index contributed by atoms with van der Waals surface area (Å²) in [5.41, 5.74) is -0.0836. The third kappa shape index (κ3) is 3.03. The normalized spacial score (nSPS) is 14.1. The Morgan fingerprint density at radius 1 is 1.56 bits per heavy atom. The molecule has 0 saturated carbocycles.